The van der Waals surface area contributed by atoms with E-state index in [1.807, 2.05) is 4.90 Å². The quantitative estimate of drug-likeness (QED) is 0.805. The molecule has 6 nitrogen and oxygen atoms in total. The number of fused-ring (bicyclic) bond motifs is 1. The third-order valence-electron chi connectivity index (χ3n) is 6.29. The van der Waals surface area contributed by atoms with Crippen LogP contribution in [0.25, 0.3) is 0 Å². The summed E-state index contributed by atoms with van der Waals surface area (Å²) in [5.41, 5.74) is 0. The van der Waals surface area contributed by atoms with Gasteiger partial charge in [0.05, 0.1) is 18.2 Å². The van der Waals surface area contributed by atoms with E-state index >= 15 is 0 Å². The molecule has 0 spiro atoms. The number of aliphatic hydroxyl groups excluding tert-OH is 1. The number of carbonyl (C=O) groups excluding carboxylic acids is 2. The van der Waals surface area contributed by atoms with E-state index in [0.29, 0.717) is 25.3 Å². The summed E-state index contributed by atoms with van der Waals surface area (Å²) in [6.07, 6.45) is 7.45. The Hall–Kier alpha value is -1.14. The second-order valence-electron chi connectivity index (χ2n) is 7.94. The van der Waals surface area contributed by atoms with Crippen molar-refractivity contribution in [1.82, 2.24) is 10.2 Å². The fraction of sp³-hybridized carbons (Fsp3) is 0.889. The molecule has 4 aliphatic rings. The molecule has 0 aromatic heterocycles. The molecule has 2 N–H and O–H groups in total. The second kappa shape index (κ2) is 6.64. The van der Waals surface area contributed by atoms with Gasteiger partial charge < -0.3 is 20.1 Å². The monoisotopic (exact) mass is 336 g/mol. The summed E-state index contributed by atoms with van der Waals surface area (Å²) >= 11 is 0. The summed E-state index contributed by atoms with van der Waals surface area (Å²) in [5.74, 6) is 0.194. The van der Waals surface area contributed by atoms with Crippen LogP contribution in [0.3, 0.4) is 0 Å². The number of likely N-dealkylation sites (tertiary alicyclic amines) is 1. The molecule has 0 aromatic rings. The van der Waals surface area contributed by atoms with Crippen molar-refractivity contribution in [3.63, 3.8) is 0 Å². The van der Waals surface area contributed by atoms with Crippen molar-refractivity contribution in [3.8, 4) is 0 Å². The molecule has 3 atom stereocenters. The zero-order valence-electron chi connectivity index (χ0n) is 14.2. The fourth-order valence-electron chi connectivity index (χ4n) is 4.78. The lowest BCUT2D eigenvalue weighted by Gasteiger charge is -2.39. The van der Waals surface area contributed by atoms with E-state index in [4.69, 9.17) is 4.74 Å². The SMILES string of the molecule is O=C(NC1CCCC1)[C@H]1CC[C@@H]2[C@@H](CCN2C(=O)C2CC(O)C2)O1. The Morgan fingerprint density at radius 1 is 1.04 bits per heavy atom. The molecule has 4 fully saturated rings. The first-order valence-electron chi connectivity index (χ1n) is 9.56. The number of carbonyl (C=O) groups is 2. The third kappa shape index (κ3) is 3.06. The maximum absolute atomic E-state index is 12.6. The highest BCUT2D eigenvalue weighted by Crippen LogP contribution is 2.36. The van der Waals surface area contributed by atoms with Gasteiger partial charge in [0.15, 0.2) is 0 Å². The van der Waals surface area contributed by atoms with Crippen LogP contribution in [0, 0.1) is 5.92 Å². The number of aliphatic hydroxyl groups is 1. The Kier molecular flexibility index (Phi) is 4.52. The molecule has 2 aliphatic carbocycles. The molecule has 2 amide bonds. The number of nitrogens with zero attached hydrogens (tertiary/aromatic N) is 1. The minimum atomic E-state index is -0.354. The number of amides is 2. The summed E-state index contributed by atoms with van der Waals surface area (Å²) in [5, 5.41) is 12.5. The van der Waals surface area contributed by atoms with Gasteiger partial charge in [-0.05, 0) is 44.9 Å². The second-order valence-corrected chi connectivity index (χ2v) is 7.94. The molecule has 2 aliphatic heterocycles. The van der Waals surface area contributed by atoms with Crippen molar-refractivity contribution in [1.29, 1.82) is 0 Å². The van der Waals surface area contributed by atoms with Crippen LogP contribution < -0.4 is 5.32 Å². The zero-order chi connectivity index (χ0) is 16.7. The normalized spacial score (nSPS) is 39.4. The van der Waals surface area contributed by atoms with Crippen molar-refractivity contribution < 1.29 is 19.4 Å². The van der Waals surface area contributed by atoms with Gasteiger partial charge in [0.2, 0.25) is 11.8 Å². The average Bonchev–Trinajstić information content (AvgIpc) is 3.19. The van der Waals surface area contributed by atoms with Crippen LogP contribution in [0.2, 0.25) is 0 Å². The lowest BCUT2D eigenvalue weighted by molar-refractivity contribution is -0.152. The van der Waals surface area contributed by atoms with E-state index in [1.54, 1.807) is 0 Å². The summed E-state index contributed by atoms with van der Waals surface area (Å²) < 4.78 is 6.06. The van der Waals surface area contributed by atoms with Gasteiger partial charge in [0.25, 0.3) is 0 Å². The van der Waals surface area contributed by atoms with Gasteiger partial charge in [-0.3, -0.25) is 9.59 Å². The minimum absolute atomic E-state index is 0.00738. The Bertz CT molecular complexity index is 499. The topological polar surface area (TPSA) is 78.9 Å². The molecule has 0 unspecified atom stereocenters. The van der Waals surface area contributed by atoms with E-state index in [0.717, 1.165) is 32.2 Å². The highest BCUT2D eigenvalue weighted by atomic mass is 16.5. The Balaban J connectivity index is 1.30. The highest BCUT2D eigenvalue weighted by Gasteiger charge is 2.46. The average molecular weight is 336 g/mol. The molecule has 134 valence electrons. The van der Waals surface area contributed by atoms with Crippen molar-refractivity contribution in [3.05, 3.63) is 0 Å². The third-order valence-corrected chi connectivity index (χ3v) is 6.29. The van der Waals surface area contributed by atoms with Crippen LogP contribution in [-0.4, -0.2) is 58.8 Å². The number of nitrogens with one attached hydrogen (secondary N) is 1. The van der Waals surface area contributed by atoms with Crippen molar-refractivity contribution >= 4 is 11.8 Å². The van der Waals surface area contributed by atoms with Gasteiger partial charge >= 0.3 is 0 Å². The van der Waals surface area contributed by atoms with Gasteiger partial charge in [-0.25, -0.2) is 0 Å². The molecule has 2 saturated carbocycles. The zero-order valence-corrected chi connectivity index (χ0v) is 14.2. The van der Waals surface area contributed by atoms with E-state index in [1.165, 1.54) is 12.8 Å². The first-order chi connectivity index (χ1) is 11.6. The molecular weight excluding hydrogens is 308 g/mol. The van der Waals surface area contributed by atoms with Gasteiger partial charge in [-0.2, -0.15) is 0 Å². The summed E-state index contributed by atoms with van der Waals surface area (Å²) in [6, 6.07) is 0.441. The predicted octanol–water partition coefficient (Wildman–Crippen LogP) is 0.965. The van der Waals surface area contributed by atoms with Crippen molar-refractivity contribution in [2.75, 3.05) is 6.54 Å². The molecule has 4 rings (SSSR count). The van der Waals surface area contributed by atoms with E-state index in [2.05, 4.69) is 5.32 Å². The molecule has 0 aromatic carbocycles. The van der Waals surface area contributed by atoms with Crippen LogP contribution in [0.1, 0.15) is 57.8 Å². The predicted molar refractivity (Wildman–Crippen MR) is 87.1 cm³/mol. The lowest BCUT2D eigenvalue weighted by atomic mass is 9.81. The number of ether oxygens (including phenoxy) is 1. The van der Waals surface area contributed by atoms with Crippen LogP contribution >= 0.6 is 0 Å². The Morgan fingerprint density at radius 2 is 1.79 bits per heavy atom. The van der Waals surface area contributed by atoms with Crippen LogP contribution in [0.5, 0.6) is 0 Å². The van der Waals surface area contributed by atoms with Gasteiger partial charge in [0, 0.05) is 18.5 Å². The summed E-state index contributed by atoms with van der Waals surface area (Å²) in [4.78, 5) is 26.9. The molecule has 0 radical (unpaired) electrons. The van der Waals surface area contributed by atoms with E-state index < -0.39 is 0 Å². The maximum atomic E-state index is 12.6. The fourth-order valence-corrected chi connectivity index (χ4v) is 4.78. The standard InChI is InChI=1S/C18H28N2O4/c21-13-9-11(10-13)18(23)20-8-7-15-14(20)5-6-16(24-15)17(22)19-12-3-1-2-4-12/h11-16,21H,1-10H2,(H,19,22)/t11?,13?,14-,15-,16-/m1/s1. The maximum Gasteiger partial charge on any atom is 0.249 e. The van der Waals surface area contributed by atoms with Crippen molar-refractivity contribution in [2.24, 2.45) is 5.92 Å². The van der Waals surface area contributed by atoms with Gasteiger partial charge in [0.1, 0.15) is 6.10 Å². The molecule has 2 saturated heterocycles. The molecular formula is C18H28N2O4. The summed E-state index contributed by atoms with van der Waals surface area (Å²) in [7, 11) is 0. The van der Waals surface area contributed by atoms with E-state index in [9.17, 15) is 14.7 Å². The largest absolute Gasteiger partial charge is 0.393 e. The smallest absolute Gasteiger partial charge is 0.249 e. The molecule has 6 heteroatoms. The highest BCUT2D eigenvalue weighted by molar-refractivity contribution is 5.82. The number of hydrogen-bond donors (Lipinski definition) is 2. The first kappa shape index (κ1) is 16.3. The lowest BCUT2D eigenvalue weighted by Crippen LogP contribution is -2.52. The van der Waals surface area contributed by atoms with Crippen LogP contribution in [0.15, 0.2) is 0 Å². The molecule has 2 heterocycles. The van der Waals surface area contributed by atoms with E-state index in [-0.39, 0.29) is 42.1 Å². The Labute approximate surface area is 142 Å². The number of rotatable bonds is 3. The van der Waals surface area contributed by atoms with Gasteiger partial charge in [-0.15, -0.1) is 0 Å². The van der Waals surface area contributed by atoms with Crippen molar-refractivity contribution in [2.45, 2.75) is 88.2 Å². The minimum Gasteiger partial charge on any atom is -0.393 e. The van der Waals surface area contributed by atoms with Gasteiger partial charge in [-0.1, -0.05) is 12.8 Å². The molecule has 0 bridgehead atoms. The van der Waals surface area contributed by atoms with Crippen LogP contribution in [-0.2, 0) is 14.3 Å². The van der Waals surface area contributed by atoms with Crippen LogP contribution in [0.4, 0.5) is 0 Å². The molecule has 24 heavy (non-hydrogen) atoms. The Morgan fingerprint density at radius 3 is 2.50 bits per heavy atom. The first-order valence-corrected chi connectivity index (χ1v) is 9.56. The number of hydrogen-bond acceptors (Lipinski definition) is 4. The summed E-state index contributed by atoms with van der Waals surface area (Å²) in [6.45, 7) is 0.720.